The van der Waals surface area contributed by atoms with Crippen molar-refractivity contribution in [3.05, 3.63) is 236 Å². The van der Waals surface area contributed by atoms with Crippen LogP contribution in [0.15, 0.2) is 224 Å². The Morgan fingerprint density at radius 1 is 0.355 bits per heavy atom. The Morgan fingerprint density at radius 2 is 0.935 bits per heavy atom. The highest BCUT2D eigenvalue weighted by Gasteiger charge is 2.36. The van der Waals surface area contributed by atoms with E-state index in [0.717, 1.165) is 67.0 Å². The molecule has 0 bridgehead atoms. The molecule has 0 N–H and O–H groups in total. The van der Waals surface area contributed by atoms with Crippen LogP contribution in [0, 0.1) is 0 Å². The number of hydrogen-bond donors (Lipinski definition) is 0. The number of para-hydroxylation sites is 1. The van der Waals surface area contributed by atoms with Gasteiger partial charge < -0.3 is 4.90 Å². The van der Waals surface area contributed by atoms with E-state index in [1.165, 1.54) is 33.4 Å². The van der Waals surface area contributed by atoms with E-state index in [1.807, 2.05) is 12.1 Å². The Morgan fingerprint density at radius 3 is 1.73 bits per heavy atom. The normalized spacial score (nSPS) is 12.5. The van der Waals surface area contributed by atoms with Gasteiger partial charge in [0.1, 0.15) is 0 Å². The van der Waals surface area contributed by atoms with E-state index < -0.39 is 0 Å². The summed E-state index contributed by atoms with van der Waals surface area (Å²) in [5.74, 6) is 0.704. The monoisotopic (exact) mass is 793 g/mol. The van der Waals surface area contributed by atoms with Crippen molar-refractivity contribution in [1.82, 2.24) is 9.97 Å². The van der Waals surface area contributed by atoms with Gasteiger partial charge in [0.2, 0.25) is 0 Å². The molecule has 294 valence electrons. The van der Waals surface area contributed by atoms with Crippen LogP contribution in [0.25, 0.3) is 78.1 Å². The lowest BCUT2D eigenvalue weighted by Crippen LogP contribution is -2.17. The standard InChI is InChI=1S/C59H43N3/c1-59(2)53-30-14-12-28-49(53)50-34-33-48(39-54(50)59)62(56-35-32-45(40-18-6-3-7-19-40)38-52(56)41-20-8-4-9-21-41)47-27-17-25-44(37-47)43-24-16-26-46(36-43)58-60-55-31-15-13-29-51(55)57(61-58)42-22-10-5-11-23-42/h3-39H,1-2H3. The highest BCUT2D eigenvalue weighted by molar-refractivity contribution is 5.95. The Labute approximate surface area is 363 Å². The summed E-state index contributed by atoms with van der Waals surface area (Å²) < 4.78 is 0. The molecule has 1 heterocycles. The van der Waals surface area contributed by atoms with Crippen LogP contribution < -0.4 is 4.90 Å². The maximum absolute atomic E-state index is 5.20. The van der Waals surface area contributed by atoms with Crippen LogP contribution in [0.1, 0.15) is 25.0 Å². The zero-order chi connectivity index (χ0) is 41.6. The van der Waals surface area contributed by atoms with Crippen LogP contribution in [-0.2, 0) is 5.41 Å². The molecule has 1 aliphatic carbocycles. The van der Waals surface area contributed by atoms with Crippen LogP contribution in [0.3, 0.4) is 0 Å². The molecule has 0 saturated carbocycles. The van der Waals surface area contributed by atoms with Crippen molar-refractivity contribution in [3.63, 3.8) is 0 Å². The average molecular weight is 794 g/mol. The van der Waals surface area contributed by atoms with Gasteiger partial charge in [-0.15, -0.1) is 0 Å². The van der Waals surface area contributed by atoms with Crippen molar-refractivity contribution in [1.29, 1.82) is 0 Å². The molecule has 3 nitrogen and oxygen atoms in total. The van der Waals surface area contributed by atoms with E-state index >= 15 is 0 Å². The van der Waals surface area contributed by atoms with Crippen LogP contribution in [0.4, 0.5) is 17.1 Å². The SMILES string of the molecule is CC1(C)c2ccccc2-c2ccc(N(c3cccc(-c4cccc(-c5nc(-c6ccccc6)c6ccccc6n5)c4)c3)c3ccc(-c4ccccc4)cc3-c3ccccc3)cc21. The highest BCUT2D eigenvalue weighted by atomic mass is 15.1. The van der Waals surface area contributed by atoms with Crippen molar-refractivity contribution in [2.75, 3.05) is 4.90 Å². The zero-order valence-corrected chi connectivity index (χ0v) is 34.7. The quantitative estimate of drug-likeness (QED) is 0.153. The molecule has 9 aromatic carbocycles. The number of benzene rings is 9. The molecular weight excluding hydrogens is 751 g/mol. The lowest BCUT2D eigenvalue weighted by Gasteiger charge is -2.30. The fourth-order valence-corrected chi connectivity index (χ4v) is 9.33. The van der Waals surface area contributed by atoms with Crippen molar-refractivity contribution in [2.24, 2.45) is 0 Å². The Bertz CT molecular complexity index is 3260. The summed E-state index contributed by atoms with van der Waals surface area (Å²) in [7, 11) is 0. The van der Waals surface area contributed by atoms with Gasteiger partial charge in [-0.3, -0.25) is 0 Å². The van der Waals surface area contributed by atoms with E-state index in [1.54, 1.807) is 0 Å². The molecule has 0 atom stereocenters. The zero-order valence-electron chi connectivity index (χ0n) is 34.7. The molecule has 62 heavy (non-hydrogen) atoms. The van der Waals surface area contributed by atoms with Crippen LogP contribution >= 0.6 is 0 Å². The van der Waals surface area contributed by atoms with Crippen LogP contribution in [0.5, 0.6) is 0 Å². The second kappa shape index (κ2) is 15.3. The van der Waals surface area contributed by atoms with Gasteiger partial charge in [-0.1, -0.05) is 190 Å². The summed E-state index contributed by atoms with van der Waals surface area (Å²) in [5, 5.41) is 1.04. The molecule has 0 aliphatic heterocycles. The van der Waals surface area contributed by atoms with Crippen LogP contribution in [0.2, 0.25) is 0 Å². The summed E-state index contributed by atoms with van der Waals surface area (Å²) >= 11 is 0. The third-order valence-corrected chi connectivity index (χ3v) is 12.5. The molecule has 10 aromatic rings. The van der Waals surface area contributed by atoms with E-state index in [-0.39, 0.29) is 5.41 Å². The molecular formula is C59H43N3. The number of anilines is 3. The molecule has 0 spiro atoms. The lowest BCUT2D eigenvalue weighted by molar-refractivity contribution is 0.660. The molecule has 0 unspecified atom stereocenters. The molecule has 0 radical (unpaired) electrons. The Kier molecular flexibility index (Phi) is 9.17. The van der Waals surface area contributed by atoms with E-state index in [9.17, 15) is 0 Å². The molecule has 11 rings (SSSR count). The summed E-state index contributed by atoms with van der Waals surface area (Å²) in [6, 6.07) is 80.5. The minimum absolute atomic E-state index is 0.152. The predicted octanol–water partition coefficient (Wildman–Crippen LogP) is 15.7. The maximum Gasteiger partial charge on any atom is 0.160 e. The Hall–Kier alpha value is -7.88. The number of rotatable bonds is 8. The molecule has 0 amide bonds. The fourth-order valence-electron chi connectivity index (χ4n) is 9.33. The summed E-state index contributed by atoms with van der Waals surface area (Å²) in [4.78, 5) is 12.7. The second-order valence-corrected chi connectivity index (χ2v) is 16.6. The molecule has 1 aliphatic rings. The van der Waals surface area contributed by atoms with E-state index in [2.05, 4.69) is 231 Å². The summed E-state index contributed by atoms with van der Waals surface area (Å²) in [6.07, 6.45) is 0. The topological polar surface area (TPSA) is 29.0 Å². The van der Waals surface area contributed by atoms with Gasteiger partial charge in [0, 0.05) is 38.9 Å². The van der Waals surface area contributed by atoms with Crippen molar-refractivity contribution >= 4 is 28.0 Å². The summed E-state index contributed by atoms with van der Waals surface area (Å²) in [5.41, 5.74) is 19.2. The first-order valence-corrected chi connectivity index (χ1v) is 21.3. The van der Waals surface area contributed by atoms with Gasteiger partial charge in [0.15, 0.2) is 5.82 Å². The first-order chi connectivity index (χ1) is 30.5. The van der Waals surface area contributed by atoms with Crippen molar-refractivity contribution in [2.45, 2.75) is 19.3 Å². The third-order valence-electron chi connectivity index (χ3n) is 12.5. The van der Waals surface area contributed by atoms with Gasteiger partial charge >= 0.3 is 0 Å². The van der Waals surface area contributed by atoms with E-state index in [0.29, 0.717) is 5.82 Å². The third kappa shape index (κ3) is 6.56. The lowest BCUT2D eigenvalue weighted by atomic mass is 9.82. The largest absolute Gasteiger partial charge is 0.310 e. The average Bonchev–Trinajstić information content (AvgIpc) is 3.57. The van der Waals surface area contributed by atoms with E-state index in [4.69, 9.17) is 9.97 Å². The minimum atomic E-state index is -0.152. The van der Waals surface area contributed by atoms with Crippen molar-refractivity contribution < 1.29 is 0 Å². The second-order valence-electron chi connectivity index (χ2n) is 16.6. The van der Waals surface area contributed by atoms with Gasteiger partial charge in [0.25, 0.3) is 0 Å². The number of fused-ring (bicyclic) bond motifs is 4. The maximum atomic E-state index is 5.20. The molecule has 0 saturated heterocycles. The molecule has 0 fully saturated rings. The summed E-state index contributed by atoms with van der Waals surface area (Å²) in [6.45, 7) is 4.71. The van der Waals surface area contributed by atoms with Gasteiger partial charge in [-0.25, -0.2) is 9.97 Å². The molecule has 3 heteroatoms. The number of nitrogens with zero attached hydrogens (tertiary/aromatic N) is 3. The van der Waals surface area contributed by atoms with Crippen molar-refractivity contribution in [3.8, 4) is 67.2 Å². The Balaban J connectivity index is 1.08. The van der Waals surface area contributed by atoms with Gasteiger partial charge in [-0.2, -0.15) is 0 Å². The van der Waals surface area contributed by atoms with Gasteiger partial charge in [-0.05, 0) is 98.6 Å². The minimum Gasteiger partial charge on any atom is -0.310 e. The predicted molar refractivity (Wildman–Crippen MR) is 259 cm³/mol. The number of hydrogen-bond acceptors (Lipinski definition) is 3. The highest BCUT2D eigenvalue weighted by Crippen LogP contribution is 2.51. The first kappa shape index (κ1) is 37.1. The van der Waals surface area contributed by atoms with Gasteiger partial charge in [0.05, 0.1) is 16.9 Å². The van der Waals surface area contributed by atoms with Crippen LogP contribution in [-0.4, -0.2) is 9.97 Å². The smallest absolute Gasteiger partial charge is 0.160 e. The number of aromatic nitrogens is 2. The molecule has 1 aromatic heterocycles. The fraction of sp³-hybridized carbons (Fsp3) is 0.0508. The first-order valence-electron chi connectivity index (χ1n) is 21.3.